The zero-order valence-corrected chi connectivity index (χ0v) is 12.3. The van der Waals surface area contributed by atoms with Gasteiger partial charge in [-0.05, 0) is 31.0 Å². The minimum absolute atomic E-state index is 0.0185. The van der Waals surface area contributed by atoms with Crippen molar-refractivity contribution in [1.82, 2.24) is 0 Å². The summed E-state index contributed by atoms with van der Waals surface area (Å²) in [6.07, 6.45) is 3.25. The van der Waals surface area contributed by atoms with E-state index in [0.29, 0.717) is 11.3 Å². The van der Waals surface area contributed by atoms with E-state index in [1.54, 1.807) is 30.3 Å². The molecule has 0 saturated heterocycles. The Bertz CT molecular complexity index is 653. The van der Waals surface area contributed by atoms with Crippen molar-refractivity contribution in [2.75, 3.05) is 0 Å². The average Bonchev–Trinajstić information content (AvgIpc) is 2.52. The topological polar surface area (TPSA) is 69.9 Å². The largest absolute Gasteiger partial charge is 0.504 e. The first-order valence-corrected chi connectivity index (χ1v) is 7.62. The molecule has 1 aliphatic rings. The predicted octanol–water partition coefficient (Wildman–Crippen LogP) is 3.91. The molecule has 2 unspecified atom stereocenters. The molecule has 0 amide bonds. The van der Waals surface area contributed by atoms with Crippen molar-refractivity contribution >= 4 is 0 Å². The van der Waals surface area contributed by atoms with Crippen LogP contribution in [0.5, 0.6) is 23.0 Å². The molecule has 2 aromatic rings. The van der Waals surface area contributed by atoms with E-state index in [4.69, 9.17) is 4.74 Å². The molecule has 0 radical (unpaired) electrons. The molecule has 0 bridgehead atoms. The Morgan fingerprint density at radius 2 is 1.59 bits per heavy atom. The molecular weight excluding hydrogens is 280 g/mol. The van der Waals surface area contributed by atoms with E-state index in [0.717, 1.165) is 25.7 Å². The van der Waals surface area contributed by atoms with Crippen molar-refractivity contribution in [3.8, 4) is 23.0 Å². The van der Waals surface area contributed by atoms with Crippen LogP contribution in [0.1, 0.15) is 37.2 Å². The van der Waals surface area contributed by atoms with Gasteiger partial charge in [-0.3, -0.25) is 0 Å². The molecule has 4 nitrogen and oxygen atoms in total. The number of aromatic hydroxyl groups is 2. The van der Waals surface area contributed by atoms with E-state index in [2.05, 4.69) is 0 Å². The highest BCUT2D eigenvalue weighted by atomic mass is 16.5. The third-order valence-electron chi connectivity index (χ3n) is 4.24. The third kappa shape index (κ3) is 2.88. The van der Waals surface area contributed by atoms with E-state index < -0.39 is 6.10 Å². The highest BCUT2D eigenvalue weighted by Crippen LogP contribution is 2.43. The van der Waals surface area contributed by atoms with Crippen LogP contribution in [0.25, 0.3) is 0 Å². The van der Waals surface area contributed by atoms with Gasteiger partial charge in [0.15, 0.2) is 23.0 Å². The number of hydrogen-bond donors (Lipinski definition) is 3. The number of benzene rings is 2. The summed E-state index contributed by atoms with van der Waals surface area (Å²) in [5.74, 6) is 0.569. The zero-order chi connectivity index (χ0) is 15.5. The van der Waals surface area contributed by atoms with Crippen LogP contribution < -0.4 is 4.74 Å². The molecule has 3 N–H and O–H groups in total. The lowest BCUT2D eigenvalue weighted by molar-refractivity contribution is 0.105. The van der Waals surface area contributed by atoms with Gasteiger partial charge in [-0.25, -0.2) is 0 Å². The molecule has 1 aliphatic carbocycles. The van der Waals surface area contributed by atoms with E-state index in [1.807, 2.05) is 6.07 Å². The van der Waals surface area contributed by atoms with Gasteiger partial charge in [-0.15, -0.1) is 0 Å². The van der Waals surface area contributed by atoms with Crippen molar-refractivity contribution in [3.05, 3.63) is 48.0 Å². The molecule has 116 valence electrons. The summed E-state index contributed by atoms with van der Waals surface area (Å²) in [6, 6.07) is 11.9. The molecule has 4 heteroatoms. The normalized spacial score (nSPS) is 21.5. The van der Waals surface area contributed by atoms with Gasteiger partial charge < -0.3 is 20.1 Å². The maximum absolute atomic E-state index is 10.5. The minimum atomic E-state index is -0.431. The number of ether oxygens (including phenoxy) is 1. The first-order valence-electron chi connectivity index (χ1n) is 7.62. The van der Waals surface area contributed by atoms with Gasteiger partial charge in [0.1, 0.15) is 0 Å². The Kier molecular flexibility index (Phi) is 4.20. The van der Waals surface area contributed by atoms with Gasteiger partial charge in [0.25, 0.3) is 0 Å². The number of phenolic OH excluding ortho intramolecular Hbond substituents is 2. The van der Waals surface area contributed by atoms with Gasteiger partial charge in [0.2, 0.25) is 0 Å². The Morgan fingerprint density at radius 1 is 0.864 bits per heavy atom. The third-order valence-corrected chi connectivity index (χ3v) is 4.24. The monoisotopic (exact) mass is 300 g/mol. The van der Waals surface area contributed by atoms with Crippen LogP contribution in [0.15, 0.2) is 42.5 Å². The molecule has 1 saturated carbocycles. The van der Waals surface area contributed by atoms with E-state index in [9.17, 15) is 15.3 Å². The number of phenols is 2. The molecule has 0 aromatic heterocycles. The molecule has 0 aliphatic heterocycles. The van der Waals surface area contributed by atoms with Crippen molar-refractivity contribution in [1.29, 1.82) is 0 Å². The van der Waals surface area contributed by atoms with Gasteiger partial charge in [0, 0.05) is 11.5 Å². The summed E-state index contributed by atoms with van der Waals surface area (Å²) in [7, 11) is 0. The summed E-state index contributed by atoms with van der Waals surface area (Å²) in [5, 5.41) is 30.4. The van der Waals surface area contributed by atoms with Crippen LogP contribution in [-0.2, 0) is 0 Å². The van der Waals surface area contributed by atoms with Crippen LogP contribution in [0.2, 0.25) is 0 Å². The fourth-order valence-corrected chi connectivity index (χ4v) is 3.06. The Hall–Kier alpha value is -2.20. The highest BCUT2D eigenvalue weighted by Gasteiger charge is 2.27. The first kappa shape index (κ1) is 14.7. The quantitative estimate of drug-likeness (QED) is 0.804. The second-order valence-electron chi connectivity index (χ2n) is 5.72. The molecule has 3 rings (SSSR count). The number of aliphatic hydroxyl groups is 1. The van der Waals surface area contributed by atoms with E-state index in [1.165, 1.54) is 6.07 Å². The summed E-state index contributed by atoms with van der Waals surface area (Å²) in [4.78, 5) is 0. The molecule has 22 heavy (non-hydrogen) atoms. The van der Waals surface area contributed by atoms with Gasteiger partial charge in [0.05, 0.1) is 6.10 Å². The van der Waals surface area contributed by atoms with Gasteiger partial charge >= 0.3 is 0 Å². The van der Waals surface area contributed by atoms with Crippen molar-refractivity contribution < 1.29 is 20.1 Å². The Morgan fingerprint density at radius 3 is 2.36 bits per heavy atom. The lowest BCUT2D eigenvalue weighted by Crippen LogP contribution is -2.22. The van der Waals surface area contributed by atoms with Crippen LogP contribution in [0, 0.1) is 0 Å². The standard InChI is InChI=1S/C18H20O4/c19-14-8-2-1-6-12(14)13-7-5-11-17(18(13)21)22-16-10-4-3-9-15(16)20/h3-5,7,9-12,14,19-21H,1-2,6,8H2. The van der Waals surface area contributed by atoms with Crippen molar-refractivity contribution in [3.63, 3.8) is 0 Å². The van der Waals surface area contributed by atoms with Crippen LogP contribution in [-0.4, -0.2) is 21.4 Å². The Balaban J connectivity index is 1.90. The molecule has 0 spiro atoms. The maximum Gasteiger partial charge on any atom is 0.169 e. The molecule has 2 aromatic carbocycles. The highest BCUT2D eigenvalue weighted by molar-refractivity contribution is 5.51. The number of rotatable bonds is 3. The lowest BCUT2D eigenvalue weighted by atomic mass is 9.81. The van der Waals surface area contributed by atoms with Crippen LogP contribution in [0.3, 0.4) is 0 Å². The average molecular weight is 300 g/mol. The summed E-state index contributed by atoms with van der Waals surface area (Å²) in [5.41, 5.74) is 0.708. The second kappa shape index (κ2) is 6.28. The van der Waals surface area contributed by atoms with E-state index in [-0.39, 0.29) is 23.2 Å². The van der Waals surface area contributed by atoms with Crippen LogP contribution >= 0.6 is 0 Å². The second-order valence-corrected chi connectivity index (χ2v) is 5.72. The van der Waals surface area contributed by atoms with Crippen molar-refractivity contribution in [2.45, 2.75) is 37.7 Å². The molecule has 2 atom stereocenters. The zero-order valence-electron chi connectivity index (χ0n) is 12.3. The molecule has 0 heterocycles. The first-order chi connectivity index (χ1) is 10.7. The fourth-order valence-electron chi connectivity index (χ4n) is 3.06. The molecular formula is C18H20O4. The van der Waals surface area contributed by atoms with Gasteiger partial charge in [-0.2, -0.15) is 0 Å². The number of hydrogen-bond acceptors (Lipinski definition) is 4. The van der Waals surface area contributed by atoms with Crippen LogP contribution in [0.4, 0.5) is 0 Å². The molecule has 1 fully saturated rings. The predicted molar refractivity (Wildman–Crippen MR) is 83.5 cm³/mol. The Labute approximate surface area is 129 Å². The fraction of sp³-hybridized carbons (Fsp3) is 0.333. The lowest BCUT2D eigenvalue weighted by Gasteiger charge is -2.28. The van der Waals surface area contributed by atoms with Gasteiger partial charge in [-0.1, -0.05) is 37.1 Å². The van der Waals surface area contributed by atoms with E-state index >= 15 is 0 Å². The van der Waals surface area contributed by atoms with Crippen molar-refractivity contribution in [2.24, 2.45) is 0 Å². The SMILES string of the molecule is Oc1ccccc1Oc1cccc(C2CCCCC2O)c1O. The summed E-state index contributed by atoms with van der Waals surface area (Å²) < 4.78 is 5.63. The maximum atomic E-state index is 10.5. The summed E-state index contributed by atoms with van der Waals surface area (Å²) in [6.45, 7) is 0. The summed E-state index contributed by atoms with van der Waals surface area (Å²) >= 11 is 0. The number of aliphatic hydroxyl groups excluding tert-OH is 1. The number of para-hydroxylation sites is 3. The smallest absolute Gasteiger partial charge is 0.169 e. The minimum Gasteiger partial charge on any atom is -0.504 e.